The van der Waals surface area contributed by atoms with Crippen molar-refractivity contribution >= 4 is 17.6 Å². The standard InChI is InChI=1S/C17H19N3O2/c1-11-4-3-5-15(12(11)2)20-16(21)14-8-6-13(7-9-14)10-19-17(18)22/h3-9H,10H2,1-2H3,(H,20,21)(H3,18,19,22). The number of aryl methyl sites for hydroxylation is 1. The van der Waals surface area contributed by atoms with E-state index in [0.717, 1.165) is 22.4 Å². The van der Waals surface area contributed by atoms with Crippen molar-refractivity contribution in [3.63, 3.8) is 0 Å². The predicted octanol–water partition coefficient (Wildman–Crippen LogP) is 2.72. The molecule has 2 aromatic carbocycles. The van der Waals surface area contributed by atoms with Gasteiger partial charge in [-0.3, -0.25) is 4.79 Å². The van der Waals surface area contributed by atoms with E-state index in [1.807, 2.05) is 32.0 Å². The summed E-state index contributed by atoms with van der Waals surface area (Å²) >= 11 is 0. The molecule has 0 unspecified atom stereocenters. The maximum absolute atomic E-state index is 12.3. The Morgan fingerprint density at radius 2 is 1.73 bits per heavy atom. The lowest BCUT2D eigenvalue weighted by Gasteiger charge is -2.10. The number of nitrogens with two attached hydrogens (primary N) is 1. The molecule has 114 valence electrons. The van der Waals surface area contributed by atoms with Crippen molar-refractivity contribution in [2.24, 2.45) is 5.73 Å². The highest BCUT2D eigenvalue weighted by atomic mass is 16.2. The number of primary amides is 1. The van der Waals surface area contributed by atoms with Gasteiger partial charge in [0.2, 0.25) is 0 Å². The molecule has 0 fully saturated rings. The zero-order valence-corrected chi connectivity index (χ0v) is 12.6. The Bertz CT molecular complexity index is 694. The number of hydrogen-bond donors (Lipinski definition) is 3. The lowest BCUT2D eigenvalue weighted by molar-refractivity contribution is 0.102. The van der Waals surface area contributed by atoms with Gasteiger partial charge < -0.3 is 16.4 Å². The summed E-state index contributed by atoms with van der Waals surface area (Å²) in [5.74, 6) is -0.164. The highest BCUT2D eigenvalue weighted by Gasteiger charge is 2.08. The number of benzene rings is 2. The van der Waals surface area contributed by atoms with Gasteiger partial charge in [0.15, 0.2) is 0 Å². The van der Waals surface area contributed by atoms with Crippen molar-refractivity contribution in [1.82, 2.24) is 5.32 Å². The number of rotatable bonds is 4. The Balaban J connectivity index is 2.06. The van der Waals surface area contributed by atoms with Crippen molar-refractivity contribution in [1.29, 1.82) is 0 Å². The van der Waals surface area contributed by atoms with Crippen LogP contribution in [-0.2, 0) is 6.54 Å². The fourth-order valence-corrected chi connectivity index (χ4v) is 2.04. The van der Waals surface area contributed by atoms with Crippen molar-refractivity contribution in [3.8, 4) is 0 Å². The highest BCUT2D eigenvalue weighted by molar-refractivity contribution is 6.04. The molecule has 0 aliphatic heterocycles. The monoisotopic (exact) mass is 297 g/mol. The average Bonchev–Trinajstić information content (AvgIpc) is 2.50. The molecule has 0 bridgehead atoms. The van der Waals surface area contributed by atoms with Crippen LogP contribution in [0.25, 0.3) is 0 Å². The van der Waals surface area contributed by atoms with Crippen molar-refractivity contribution in [3.05, 3.63) is 64.7 Å². The highest BCUT2D eigenvalue weighted by Crippen LogP contribution is 2.19. The van der Waals surface area contributed by atoms with Crippen LogP contribution in [0.5, 0.6) is 0 Å². The van der Waals surface area contributed by atoms with E-state index in [1.165, 1.54) is 0 Å². The molecule has 0 aromatic heterocycles. The molecule has 0 radical (unpaired) electrons. The Hall–Kier alpha value is -2.82. The molecule has 0 heterocycles. The van der Waals surface area contributed by atoms with Crippen LogP contribution in [-0.4, -0.2) is 11.9 Å². The van der Waals surface area contributed by atoms with Gasteiger partial charge in [-0.05, 0) is 48.7 Å². The maximum Gasteiger partial charge on any atom is 0.312 e. The molecule has 0 saturated heterocycles. The molecule has 2 aromatic rings. The first-order valence-corrected chi connectivity index (χ1v) is 6.97. The number of amides is 3. The third-order valence-corrected chi connectivity index (χ3v) is 3.54. The first kappa shape index (κ1) is 15.6. The van der Waals surface area contributed by atoms with Crippen LogP contribution in [0, 0.1) is 13.8 Å². The van der Waals surface area contributed by atoms with Gasteiger partial charge in [0.05, 0.1) is 0 Å². The lowest BCUT2D eigenvalue weighted by atomic mass is 10.1. The number of urea groups is 1. The zero-order valence-electron chi connectivity index (χ0n) is 12.6. The summed E-state index contributed by atoms with van der Waals surface area (Å²) in [6.45, 7) is 4.32. The third-order valence-electron chi connectivity index (χ3n) is 3.54. The van der Waals surface area contributed by atoms with E-state index in [2.05, 4.69) is 10.6 Å². The van der Waals surface area contributed by atoms with Gasteiger partial charge in [-0.1, -0.05) is 24.3 Å². The van der Waals surface area contributed by atoms with E-state index < -0.39 is 6.03 Å². The molecular weight excluding hydrogens is 278 g/mol. The molecule has 5 heteroatoms. The summed E-state index contributed by atoms with van der Waals surface area (Å²) in [4.78, 5) is 22.9. The summed E-state index contributed by atoms with van der Waals surface area (Å²) in [5.41, 5.74) is 9.45. The van der Waals surface area contributed by atoms with Crippen LogP contribution in [0.15, 0.2) is 42.5 Å². The number of hydrogen-bond acceptors (Lipinski definition) is 2. The molecule has 0 atom stereocenters. The van der Waals surface area contributed by atoms with Gasteiger partial charge in [0, 0.05) is 17.8 Å². The lowest BCUT2D eigenvalue weighted by Crippen LogP contribution is -2.28. The van der Waals surface area contributed by atoms with Crippen LogP contribution in [0.3, 0.4) is 0 Å². The Morgan fingerprint density at radius 1 is 1.05 bits per heavy atom. The fourth-order valence-electron chi connectivity index (χ4n) is 2.04. The van der Waals surface area contributed by atoms with Gasteiger partial charge in [0.1, 0.15) is 0 Å². The molecule has 4 N–H and O–H groups in total. The summed E-state index contributed by atoms with van der Waals surface area (Å²) in [5, 5.41) is 5.41. The number of carbonyl (C=O) groups is 2. The molecule has 22 heavy (non-hydrogen) atoms. The predicted molar refractivity (Wildman–Crippen MR) is 86.7 cm³/mol. The van der Waals surface area contributed by atoms with Crippen LogP contribution < -0.4 is 16.4 Å². The summed E-state index contributed by atoms with van der Waals surface area (Å²) in [6, 6.07) is 12.2. The number of carbonyl (C=O) groups excluding carboxylic acids is 2. The number of nitrogens with one attached hydrogen (secondary N) is 2. The minimum absolute atomic E-state index is 0.164. The Labute approximate surface area is 129 Å². The van der Waals surface area contributed by atoms with Gasteiger partial charge in [-0.2, -0.15) is 0 Å². The van der Waals surface area contributed by atoms with E-state index in [4.69, 9.17) is 5.73 Å². The first-order chi connectivity index (χ1) is 10.5. The Morgan fingerprint density at radius 3 is 2.36 bits per heavy atom. The molecular formula is C17H19N3O2. The molecule has 5 nitrogen and oxygen atoms in total. The third kappa shape index (κ3) is 3.85. The van der Waals surface area contributed by atoms with E-state index in [1.54, 1.807) is 24.3 Å². The van der Waals surface area contributed by atoms with Crippen molar-refractivity contribution < 1.29 is 9.59 Å². The molecule has 3 amide bonds. The minimum Gasteiger partial charge on any atom is -0.352 e. The van der Waals surface area contributed by atoms with Crippen LogP contribution in [0.4, 0.5) is 10.5 Å². The second-order valence-electron chi connectivity index (χ2n) is 5.12. The Kier molecular flexibility index (Phi) is 4.78. The van der Waals surface area contributed by atoms with E-state index in [9.17, 15) is 9.59 Å². The maximum atomic E-state index is 12.3. The summed E-state index contributed by atoms with van der Waals surface area (Å²) in [7, 11) is 0. The van der Waals surface area contributed by atoms with Crippen molar-refractivity contribution in [2.45, 2.75) is 20.4 Å². The van der Waals surface area contributed by atoms with E-state index in [-0.39, 0.29) is 5.91 Å². The van der Waals surface area contributed by atoms with E-state index >= 15 is 0 Å². The molecule has 0 aliphatic carbocycles. The number of anilines is 1. The quantitative estimate of drug-likeness (QED) is 0.810. The average molecular weight is 297 g/mol. The molecule has 2 rings (SSSR count). The van der Waals surface area contributed by atoms with Gasteiger partial charge in [0.25, 0.3) is 5.91 Å². The molecule has 0 saturated carbocycles. The molecule has 0 spiro atoms. The zero-order chi connectivity index (χ0) is 16.1. The first-order valence-electron chi connectivity index (χ1n) is 6.97. The van der Waals surface area contributed by atoms with Crippen LogP contribution in [0.2, 0.25) is 0 Å². The van der Waals surface area contributed by atoms with Gasteiger partial charge in [-0.25, -0.2) is 4.79 Å². The van der Waals surface area contributed by atoms with Gasteiger partial charge in [-0.15, -0.1) is 0 Å². The largest absolute Gasteiger partial charge is 0.352 e. The SMILES string of the molecule is Cc1cccc(NC(=O)c2ccc(CNC(N)=O)cc2)c1C. The normalized spacial score (nSPS) is 10.1. The van der Waals surface area contributed by atoms with Crippen LogP contribution in [0.1, 0.15) is 27.0 Å². The molecule has 0 aliphatic rings. The topological polar surface area (TPSA) is 84.2 Å². The van der Waals surface area contributed by atoms with E-state index in [0.29, 0.717) is 12.1 Å². The fraction of sp³-hybridized carbons (Fsp3) is 0.176. The second-order valence-corrected chi connectivity index (χ2v) is 5.12. The summed E-state index contributed by atoms with van der Waals surface area (Å²) < 4.78 is 0. The summed E-state index contributed by atoms with van der Waals surface area (Å²) in [6.07, 6.45) is 0. The van der Waals surface area contributed by atoms with Gasteiger partial charge >= 0.3 is 6.03 Å². The van der Waals surface area contributed by atoms with Crippen LogP contribution >= 0.6 is 0 Å². The smallest absolute Gasteiger partial charge is 0.312 e. The van der Waals surface area contributed by atoms with Crippen molar-refractivity contribution in [2.75, 3.05) is 5.32 Å². The minimum atomic E-state index is -0.572. The second kappa shape index (κ2) is 6.76.